The monoisotopic (exact) mass is 301 g/mol. The molecule has 0 bridgehead atoms. The summed E-state index contributed by atoms with van der Waals surface area (Å²) < 4.78 is 6.51. The van der Waals surface area contributed by atoms with Crippen LogP contribution in [0.25, 0.3) is 0 Å². The highest BCUT2D eigenvalue weighted by Crippen LogP contribution is 2.22. The van der Waals surface area contributed by atoms with E-state index in [4.69, 9.17) is 4.74 Å². The number of hydrogen-bond acceptors (Lipinski definition) is 4. The van der Waals surface area contributed by atoms with Crippen LogP contribution in [0.3, 0.4) is 0 Å². The Balaban J connectivity index is 2.20. The number of nitrogens with zero attached hydrogens (tertiary/aromatic N) is 2. The maximum atomic E-state index is 5.49. The molecule has 0 aromatic carbocycles. The molecule has 1 aromatic rings. The van der Waals surface area contributed by atoms with E-state index < -0.39 is 0 Å². The highest BCUT2D eigenvalue weighted by molar-refractivity contribution is 9.10. The molecule has 0 aliphatic carbocycles. The smallest absolute Gasteiger partial charge is 0.140 e. The molecule has 1 aromatic heterocycles. The van der Waals surface area contributed by atoms with Crippen LogP contribution in [-0.4, -0.2) is 50.3 Å². The van der Waals surface area contributed by atoms with E-state index in [2.05, 4.69) is 31.1 Å². The number of anilines is 1. The summed E-state index contributed by atoms with van der Waals surface area (Å²) in [5, 5.41) is 3.25. The van der Waals surface area contributed by atoms with Crippen LogP contribution in [0.1, 0.15) is 5.56 Å². The first kappa shape index (κ1) is 14.4. The second-order valence-electron chi connectivity index (χ2n) is 4.13. The van der Waals surface area contributed by atoms with Crippen LogP contribution < -0.4 is 5.32 Å². The first-order chi connectivity index (χ1) is 8.11. The summed E-state index contributed by atoms with van der Waals surface area (Å²) in [7, 11) is 4.07. The van der Waals surface area contributed by atoms with Gasteiger partial charge in [0.15, 0.2) is 0 Å². The lowest BCUT2D eigenvalue weighted by atomic mass is 10.3. The molecule has 0 atom stereocenters. The molecule has 4 nitrogen and oxygen atoms in total. The van der Waals surface area contributed by atoms with Crippen LogP contribution in [0.4, 0.5) is 5.82 Å². The van der Waals surface area contributed by atoms with E-state index in [1.165, 1.54) is 5.56 Å². The number of hydrogen-bond donors (Lipinski definition) is 1. The molecule has 96 valence electrons. The van der Waals surface area contributed by atoms with E-state index in [1.807, 2.05) is 27.1 Å². The van der Waals surface area contributed by atoms with Crippen LogP contribution >= 0.6 is 15.9 Å². The predicted octanol–water partition coefficient (Wildman–Crippen LogP) is 2.14. The Morgan fingerprint density at radius 2 is 2.18 bits per heavy atom. The van der Waals surface area contributed by atoms with Crippen LogP contribution in [0.2, 0.25) is 0 Å². The molecule has 1 heterocycles. The summed E-state index contributed by atoms with van der Waals surface area (Å²) in [6, 6.07) is 1.98. The van der Waals surface area contributed by atoms with E-state index in [0.717, 1.165) is 30.0 Å². The lowest BCUT2D eigenvalue weighted by Gasteiger charge is -2.11. The van der Waals surface area contributed by atoms with Gasteiger partial charge in [0, 0.05) is 19.3 Å². The third-order valence-electron chi connectivity index (χ3n) is 2.30. The van der Waals surface area contributed by atoms with Gasteiger partial charge >= 0.3 is 0 Å². The SMILES string of the molecule is Cc1ccnc(NCCOCCN(C)C)c1Br. The molecular weight excluding hydrogens is 282 g/mol. The summed E-state index contributed by atoms with van der Waals surface area (Å²) in [5.41, 5.74) is 1.18. The van der Waals surface area contributed by atoms with Gasteiger partial charge in [0.25, 0.3) is 0 Å². The van der Waals surface area contributed by atoms with E-state index in [1.54, 1.807) is 6.20 Å². The van der Waals surface area contributed by atoms with Gasteiger partial charge in [0.1, 0.15) is 5.82 Å². The molecule has 0 aliphatic heterocycles. The lowest BCUT2D eigenvalue weighted by molar-refractivity contribution is 0.126. The van der Waals surface area contributed by atoms with Gasteiger partial charge < -0.3 is 15.0 Å². The normalized spacial score (nSPS) is 10.9. The van der Waals surface area contributed by atoms with Crippen molar-refractivity contribution < 1.29 is 4.74 Å². The fourth-order valence-electron chi connectivity index (χ4n) is 1.25. The maximum absolute atomic E-state index is 5.49. The number of aromatic nitrogens is 1. The Bertz CT molecular complexity index is 345. The Morgan fingerprint density at radius 3 is 2.88 bits per heavy atom. The first-order valence-electron chi connectivity index (χ1n) is 5.68. The standard InChI is InChI=1S/C12H20BrN3O/c1-10-4-5-14-12(11(10)13)15-6-8-17-9-7-16(2)3/h4-5H,6-9H2,1-3H3,(H,14,15). The molecule has 0 spiro atoms. The molecule has 0 amide bonds. The lowest BCUT2D eigenvalue weighted by Crippen LogP contribution is -2.20. The number of pyridine rings is 1. The van der Waals surface area contributed by atoms with E-state index in [9.17, 15) is 0 Å². The Kier molecular flexibility index (Phi) is 6.47. The fraction of sp³-hybridized carbons (Fsp3) is 0.583. The number of aryl methyl sites for hydroxylation is 1. The third kappa shape index (κ3) is 5.48. The zero-order chi connectivity index (χ0) is 12.7. The second-order valence-corrected chi connectivity index (χ2v) is 4.93. The van der Waals surface area contributed by atoms with Gasteiger partial charge in [0.2, 0.25) is 0 Å². The number of halogens is 1. The second kappa shape index (κ2) is 7.63. The third-order valence-corrected chi connectivity index (χ3v) is 3.30. The molecular formula is C12H20BrN3O. The van der Waals surface area contributed by atoms with Crippen LogP contribution in [0.5, 0.6) is 0 Å². The average molecular weight is 302 g/mol. The average Bonchev–Trinajstić information content (AvgIpc) is 2.28. The number of ether oxygens (including phenoxy) is 1. The van der Waals surface area contributed by atoms with Crippen LogP contribution in [-0.2, 0) is 4.74 Å². The Morgan fingerprint density at radius 1 is 1.41 bits per heavy atom. The van der Waals surface area contributed by atoms with Gasteiger partial charge in [0.05, 0.1) is 17.7 Å². The quantitative estimate of drug-likeness (QED) is 0.783. The zero-order valence-electron chi connectivity index (χ0n) is 10.7. The molecule has 1 N–H and O–H groups in total. The van der Waals surface area contributed by atoms with E-state index in [-0.39, 0.29) is 0 Å². The highest BCUT2D eigenvalue weighted by Gasteiger charge is 2.02. The van der Waals surface area contributed by atoms with E-state index >= 15 is 0 Å². The number of likely N-dealkylation sites (N-methyl/N-ethyl adjacent to an activating group) is 1. The van der Waals surface area contributed by atoms with Gasteiger partial charge in [-0.05, 0) is 48.6 Å². The van der Waals surface area contributed by atoms with Gasteiger partial charge in [-0.3, -0.25) is 0 Å². The number of rotatable bonds is 7. The highest BCUT2D eigenvalue weighted by atomic mass is 79.9. The Labute approximate surface area is 111 Å². The summed E-state index contributed by atoms with van der Waals surface area (Å²) in [4.78, 5) is 6.37. The van der Waals surface area contributed by atoms with Crippen molar-refractivity contribution in [2.24, 2.45) is 0 Å². The molecule has 1 rings (SSSR count). The largest absolute Gasteiger partial charge is 0.378 e. The predicted molar refractivity (Wildman–Crippen MR) is 74.5 cm³/mol. The van der Waals surface area contributed by atoms with Crippen molar-refractivity contribution >= 4 is 21.7 Å². The van der Waals surface area contributed by atoms with Crippen molar-refractivity contribution in [3.8, 4) is 0 Å². The summed E-state index contributed by atoms with van der Waals surface area (Å²) in [5.74, 6) is 0.876. The number of nitrogens with one attached hydrogen (secondary N) is 1. The van der Waals surface area contributed by atoms with Crippen molar-refractivity contribution in [2.75, 3.05) is 45.7 Å². The van der Waals surface area contributed by atoms with Crippen molar-refractivity contribution in [2.45, 2.75) is 6.92 Å². The van der Waals surface area contributed by atoms with Gasteiger partial charge in [-0.1, -0.05) is 0 Å². The van der Waals surface area contributed by atoms with Gasteiger partial charge in [-0.25, -0.2) is 4.98 Å². The van der Waals surface area contributed by atoms with Crippen LogP contribution in [0, 0.1) is 6.92 Å². The van der Waals surface area contributed by atoms with Crippen molar-refractivity contribution in [1.82, 2.24) is 9.88 Å². The molecule has 0 fully saturated rings. The molecule has 0 unspecified atom stereocenters. The van der Waals surface area contributed by atoms with Crippen molar-refractivity contribution in [3.63, 3.8) is 0 Å². The minimum absolute atomic E-state index is 0.690. The first-order valence-corrected chi connectivity index (χ1v) is 6.48. The summed E-state index contributed by atoms with van der Waals surface area (Å²) in [6.45, 7) is 5.21. The fourth-order valence-corrected chi connectivity index (χ4v) is 1.63. The molecule has 0 saturated heterocycles. The molecule has 0 saturated carbocycles. The van der Waals surface area contributed by atoms with Crippen molar-refractivity contribution in [1.29, 1.82) is 0 Å². The van der Waals surface area contributed by atoms with Gasteiger partial charge in [-0.2, -0.15) is 0 Å². The van der Waals surface area contributed by atoms with Crippen LogP contribution in [0.15, 0.2) is 16.7 Å². The molecule has 5 heteroatoms. The van der Waals surface area contributed by atoms with E-state index in [0.29, 0.717) is 6.61 Å². The summed E-state index contributed by atoms with van der Waals surface area (Å²) in [6.07, 6.45) is 1.80. The topological polar surface area (TPSA) is 37.4 Å². The van der Waals surface area contributed by atoms with Crippen molar-refractivity contribution in [3.05, 3.63) is 22.3 Å². The van der Waals surface area contributed by atoms with Gasteiger partial charge in [-0.15, -0.1) is 0 Å². The molecule has 0 aliphatic rings. The minimum atomic E-state index is 0.690. The minimum Gasteiger partial charge on any atom is -0.378 e. The zero-order valence-corrected chi connectivity index (χ0v) is 12.2. The molecule has 0 radical (unpaired) electrons. The molecule has 17 heavy (non-hydrogen) atoms. The Hall–Kier alpha value is -0.650. The maximum Gasteiger partial charge on any atom is 0.140 e. The summed E-state index contributed by atoms with van der Waals surface area (Å²) >= 11 is 3.51.